The van der Waals surface area contributed by atoms with Gasteiger partial charge in [0.15, 0.2) is 0 Å². The summed E-state index contributed by atoms with van der Waals surface area (Å²) < 4.78 is 27.6. The van der Waals surface area contributed by atoms with Crippen molar-refractivity contribution in [2.24, 2.45) is 0 Å². The second-order valence-corrected chi connectivity index (χ2v) is 12.4. The molecule has 5 aromatic rings. The molecule has 4 N–H and O–H groups in total. The fraction of sp³-hybridized carbons (Fsp3) is 0.0400. The van der Waals surface area contributed by atoms with Gasteiger partial charge in [-0.2, -0.15) is 0 Å². The van der Waals surface area contributed by atoms with E-state index in [1.54, 1.807) is 30.5 Å². The monoisotopic (exact) mass is 616 g/mol. The minimum Gasteiger partial charge on any atom is -0.381 e. The molecule has 0 unspecified atom stereocenters. The van der Waals surface area contributed by atoms with Gasteiger partial charge in [-0.1, -0.05) is 29.3 Å². The van der Waals surface area contributed by atoms with Gasteiger partial charge >= 0.3 is 11.7 Å². The number of anilines is 2. The van der Waals surface area contributed by atoms with Gasteiger partial charge in [0.05, 0.1) is 20.9 Å². The summed E-state index contributed by atoms with van der Waals surface area (Å²) in [5.74, 6) is 0. The molecule has 0 bridgehead atoms. The largest absolute Gasteiger partial charge is 0.381 e. The average molecular weight is 617 g/mol. The summed E-state index contributed by atoms with van der Waals surface area (Å²) in [6.07, 6.45) is 1.65. The molecule has 0 aliphatic rings. The van der Waals surface area contributed by atoms with Gasteiger partial charge in [-0.3, -0.25) is 4.79 Å². The van der Waals surface area contributed by atoms with E-state index in [0.29, 0.717) is 28.3 Å². The Bertz CT molecular complexity index is 1950. The molecule has 5 rings (SSSR count). The van der Waals surface area contributed by atoms with Crippen LogP contribution in [0.2, 0.25) is 9.49 Å². The first-order valence-electron chi connectivity index (χ1n) is 11.4. The van der Waals surface area contributed by atoms with Gasteiger partial charge in [0.1, 0.15) is 9.36 Å². The fourth-order valence-corrected chi connectivity index (χ4v) is 6.24. The second kappa shape index (κ2) is 11.1. The quantitative estimate of drug-likeness (QED) is 0.195. The predicted octanol–water partition coefficient (Wildman–Crippen LogP) is 4.56. The molecule has 0 aliphatic heterocycles. The first-order valence-corrected chi connectivity index (χ1v) is 14.5. The van der Waals surface area contributed by atoms with Crippen molar-refractivity contribution < 1.29 is 13.2 Å². The topological polar surface area (TPSA) is 155 Å². The van der Waals surface area contributed by atoms with Gasteiger partial charge in [0.2, 0.25) is 0 Å². The van der Waals surface area contributed by atoms with Gasteiger partial charge in [0.25, 0.3) is 15.6 Å². The van der Waals surface area contributed by atoms with E-state index in [9.17, 15) is 22.8 Å². The normalized spacial score (nSPS) is 11.3. The zero-order valence-corrected chi connectivity index (χ0v) is 23.3. The minimum absolute atomic E-state index is 0.111. The van der Waals surface area contributed by atoms with Crippen LogP contribution in [-0.2, 0) is 16.6 Å². The number of hydrogen-bond donors (Lipinski definition) is 4. The number of carbonyl (C=O) groups is 1. The van der Waals surface area contributed by atoms with Crippen LogP contribution < -0.4 is 26.6 Å². The molecule has 2 amide bonds. The zero-order chi connectivity index (χ0) is 28.4. The Labute approximate surface area is 240 Å². The lowest BCUT2D eigenvalue weighted by molar-refractivity contribution is 0.256. The molecule has 11 nitrogen and oxygen atoms in total. The van der Waals surface area contributed by atoms with Crippen LogP contribution in [0.3, 0.4) is 0 Å². The number of benzene rings is 2. The number of hydrogen-bond acceptors (Lipinski definition) is 8. The highest BCUT2D eigenvalue weighted by molar-refractivity contribution is 7.92. The Morgan fingerprint density at radius 3 is 2.40 bits per heavy atom. The third-order valence-electron chi connectivity index (χ3n) is 5.61. The van der Waals surface area contributed by atoms with E-state index in [0.717, 1.165) is 21.5 Å². The van der Waals surface area contributed by atoms with Crippen molar-refractivity contribution in [1.82, 2.24) is 19.3 Å². The molecule has 3 heterocycles. The maximum Gasteiger partial charge on any atom is 0.333 e. The maximum atomic E-state index is 13.2. The molecule has 0 saturated carbocycles. The molecule has 0 aliphatic carbocycles. The number of thiophene rings is 1. The molecule has 204 valence electrons. The van der Waals surface area contributed by atoms with Crippen LogP contribution in [-0.4, -0.2) is 29.0 Å². The van der Waals surface area contributed by atoms with Crippen LogP contribution in [0.15, 0.2) is 86.7 Å². The van der Waals surface area contributed by atoms with E-state index in [1.807, 2.05) is 10.8 Å². The van der Waals surface area contributed by atoms with Crippen molar-refractivity contribution >= 4 is 72.9 Å². The Kier molecular flexibility index (Phi) is 7.63. The molecule has 15 heteroatoms. The average Bonchev–Trinajstić information content (AvgIpc) is 3.36. The van der Waals surface area contributed by atoms with Gasteiger partial charge in [-0.15, -0.1) is 11.3 Å². The lowest BCUT2D eigenvalue weighted by Crippen LogP contribution is -2.34. The number of H-pyrrole nitrogens is 1. The first kappa shape index (κ1) is 27.4. The summed E-state index contributed by atoms with van der Waals surface area (Å²) >= 11 is 12.4. The maximum absolute atomic E-state index is 13.2. The van der Waals surface area contributed by atoms with Crippen LogP contribution in [0, 0.1) is 0 Å². The SMILES string of the molecule is O=C(Nc1ccc(-n2c(=O)[nH]c3cc(NCc4ccc(Cl)nc4)ccc3c2=O)cc1)NS(=O)(=O)c1ccc(Cl)s1. The number of rotatable bonds is 7. The Morgan fingerprint density at radius 1 is 0.975 bits per heavy atom. The van der Waals surface area contributed by atoms with Crippen LogP contribution in [0.25, 0.3) is 16.6 Å². The highest BCUT2D eigenvalue weighted by Crippen LogP contribution is 2.25. The molecular weight excluding hydrogens is 599 g/mol. The number of nitrogens with one attached hydrogen (secondary N) is 4. The van der Waals surface area contributed by atoms with Crippen molar-refractivity contribution in [1.29, 1.82) is 0 Å². The lowest BCUT2D eigenvalue weighted by Gasteiger charge is -2.11. The summed E-state index contributed by atoms with van der Waals surface area (Å²) in [5.41, 5.74) is 1.23. The highest BCUT2D eigenvalue weighted by Gasteiger charge is 2.20. The summed E-state index contributed by atoms with van der Waals surface area (Å²) in [7, 11) is -4.10. The van der Waals surface area contributed by atoms with Gasteiger partial charge < -0.3 is 15.6 Å². The summed E-state index contributed by atoms with van der Waals surface area (Å²) in [6, 6.07) is 16.0. The summed E-state index contributed by atoms with van der Waals surface area (Å²) in [4.78, 5) is 45.0. The molecule has 0 radical (unpaired) electrons. The highest BCUT2D eigenvalue weighted by atomic mass is 35.5. The molecular formula is C25H18Cl2N6O5S2. The molecule has 40 heavy (non-hydrogen) atoms. The smallest absolute Gasteiger partial charge is 0.333 e. The van der Waals surface area contributed by atoms with E-state index in [1.165, 1.54) is 36.4 Å². The summed E-state index contributed by atoms with van der Waals surface area (Å²) in [5, 5.41) is 6.29. The van der Waals surface area contributed by atoms with Crippen LogP contribution in [0.1, 0.15) is 5.56 Å². The van der Waals surface area contributed by atoms with Crippen LogP contribution in [0.4, 0.5) is 16.2 Å². The molecule has 0 fully saturated rings. The van der Waals surface area contributed by atoms with E-state index in [4.69, 9.17) is 23.2 Å². The Morgan fingerprint density at radius 2 is 1.73 bits per heavy atom. The Balaban J connectivity index is 1.31. The van der Waals surface area contributed by atoms with E-state index in [-0.39, 0.29) is 19.9 Å². The number of carbonyl (C=O) groups excluding carboxylic acids is 1. The Hall–Kier alpha value is -4.17. The predicted molar refractivity (Wildman–Crippen MR) is 155 cm³/mol. The lowest BCUT2D eigenvalue weighted by atomic mass is 10.2. The molecule has 0 atom stereocenters. The van der Waals surface area contributed by atoms with Crippen LogP contribution >= 0.6 is 34.5 Å². The number of halogens is 2. The van der Waals surface area contributed by atoms with E-state index >= 15 is 0 Å². The number of amides is 2. The number of urea groups is 1. The number of fused-ring (bicyclic) bond motifs is 1. The minimum atomic E-state index is -4.10. The second-order valence-electron chi connectivity index (χ2n) is 8.34. The van der Waals surface area contributed by atoms with Crippen molar-refractivity contribution in [3.8, 4) is 5.69 Å². The fourth-order valence-electron chi connectivity index (χ4n) is 3.74. The van der Waals surface area contributed by atoms with Gasteiger partial charge in [-0.05, 0) is 66.2 Å². The van der Waals surface area contributed by atoms with Gasteiger partial charge in [0, 0.05) is 24.1 Å². The number of aromatic amines is 1. The number of nitrogens with zero attached hydrogens (tertiary/aromatic N) is 2. The number of pyridine rings is 1. The van der Waals surface area contributed by atoms with Crippen molar-refractivity contribution in [2.45, 2.75) is 10.8 Å². The zero-order valence-electron chi connectivity index (χ0n) is 20.1. The van der Waals surface area contributed by atoms with E-state index in [2.05, 4.69) is 20.6 Å². The third-order valence-corrected chi connectivity index (χ3v) is 8.88. The first-order chi connectivity index (χ1) is 19.1. The van der Waals surface area contributed by atoms with Crippen molar-refractivity contribution in [3.63, 3.8) is 0 Å². The number of aromatic nitrogens is 3. The number of sulfonamides is 1. The molecule has 0 saturated heterocycles. The molecule has 2 aromatic carbocycles. The molecule has 3 aromatic heterocycles. The summed E-state index contributed by atoms with van der Waals surface area (Å²) in [6.45, 7) is 0.462. The molecule has 0 spiro atoms. The standard InChI is InChI=1S/C25H18Cl2N6O5S2/c26-20-8-1-14(13-29-20)12-28-16-4-7-18-19(11-16)31-25(36)33(23(18)34)17-5-2-15(3-6-17)30-24(35)32-40(37,38)22-10-9-21(27)39-22/h1-11,13,28H,12H2,(H,31,36)(H2,30,32,35). The van der Waals surface area contributed by atoms with E-state index < -0.39 is 27.3 Å². The van der Waals surface area contributed by atoms with Gasteiger partial charge in [-0.25, -0.2) is 32.3 Å². The van der Waals surface area contributed by atoms with Crippen molar-refractivity contribution in [3.05, 3.63) is 109 Å². The van der Waals surface area contributed by atoms with Crippen LogP contribution in [0.5, 0.6) is 0 Å². The van der Waals surface area contributed by atoms with Crippen molar-refractivity contribution in [2.75, 3.05) is 10.6 Å². The third kappa shape index (κ3) is 6.02.